The van der Waals surface area contributed by atoms with Crippen LogP contribution in [0.3, 0.4) is 0 Å². The Balaban J connectivity index is 1.61. The zero-order valence-electron chi connectivity index (χ0n) is 15.9. The number of carboxylic acids is 1. The Morgan fingerprint density at radius 2 is 1.60 bits per heavy atom. The summed E-state index contributed by atoms with van der Waals surface area (Å²) in [4.78, 5) is 11.7. The van der Waals surface area contributed by atoms with Crippen molar-refractivity contribution in [2.24, 2.45) is 0 Å². The van der Waals surface area contributed by atoms with Crippen molar-refractivity contribution in [3.8, 4) is 0 Å². The molecule has 0 saturated heterocycles. The van der Waals surface area contributed by atoms with Gasteiger partial charge in [-0.15, -0.1) is 0 Å². The summed E-state index contributed by atoms with van der Waals surface area (Å²) in [5.74, 6) is 0.103. The molecule has 4 nitrogen and oxygen atoms in total. The number of carboxylic acid groups (broad SMARTS) is 1. The summed E-state index contributed by atoms with van der Waals surface area (Å²) >= 11 is 0. The average molecular weight is 350 g/mol. The van der Waals surface area contributed by atoms with Crippen LogP contribution in [-0.2, 0) is 16.6 Å². The zero-order chi connectivity index (χ0) is 18.0. The van der Waals surface area contributed by atoms with Crippen LogP contribution >= 0.6 is 0 Å². The molecule has 0 unspecified atom stereocenters. The number of hydrogen-bond acceptors (Lipinski definition) is 3. The average Bonchev–Trinajstić information content (AvgIpc) is 3.26. The number of unbranched alkanes of at least 4 members (excludes halogenated alkanes) is 9. The van der Waals surface area contributed by atoms with Crippen molar-refractivity contribution in [3.63, 3.8) is 0 Å². The lowest BCUT2D eigenvalue weighted by Gasteiger charge is -2.19. The topological polar surface area (TPSA) is 63.3 Å². The van der Waals surface area contributed by atoms with Gasteiger partial charge in [-0.3, -0.25) is 4.79 Å². The van der Waals surface area contributed by atoms with E-state index in [4.69, 9.17) is 4.52 Å². The van der Waals surface area contributed by atoms with E-state index >= 15 is 0 Å². The lowest BCUT2D eigenvalue weighted by Crippen LogP contribution is -2.32. The van der Waals surface area contributed by atoms with Gasteiger partial charge in [-0.25, -0.2) is 0 Å². The SMILES string of the molecule is CCCCCCCCCCCCc1cc(C2(C(=O)O)CCCC2)no1. The first-order valence-electron chi connectivity index (χ1n) is 10.4. The van der Waals surface area contributed by atoms with Gasteiger partial charge in [0.25, 0.3) is 0 Å². The number of aryl methyl sites for hydroxylation is 1. The maximum Gasteiger partial charge on any atom is 0.315 e. The number of hydrogen-bond donors (Lipinski definition) is 1. The summed E-state index contributed by atoms with van der Waals surface area (Å²) in [6, 6.07) is 1.90. The van der Waals surface area contributed by atoms with Crippen molar-refractivity contribution < 1.29 is 14.4 Å². The summed E-state index contributed by atoms with van der Waals surface area (Å²) in [5, 5.41) is 13.7. The molecule has 1 aliphatic carbocycles. The van der Waals surface area contributed by atoms with Gasteiger partial charge in [-0.05, 0) is 19.3 Å². The van der Waals surface area contributed by atoms with E-state index < -0.39 is 11.4 Å². The molecule has 1 fully saturated rings. The molecule has 142 valence electrons. The summed E-state index contributed by atoms with van der Waals surface area (Å²) < 4.78 is 5.42. The fraction of sp³-hybridized carbons (Fsp3) is 0.810. The summed E-state index contributed by atoms with van der Waals surface area (Å²) in [7, 11) is 0. The minimum atomic E-state index is -0.792. The highest BCUT2D eigenvalue weighted by atomic mass is 16.5. The smallest absolute Gasteiger partial charge is 0.315 e. The Morgan fingerprint density at radius 3 is 2.16 bits per heavy atom. The lowest BCUT2D eigenvalue weighted by molar-refractivity contribution is -0.143. The lowest BCUT2D eigenvalue weighted by atomic mass is 9.82. The minimum absolute atomic E-state index is 0.638. The molecule has 0 bridgehead atoms. The Hall–Kier alpha value is -1.32. The van der Waals surface area contributed by atoms with Gasteiger partial charge < -0.3 is 9.63 Å². The number of nitrogens with zero attached hydrogens (tertiary/aromatic N) is 1. The Morgan fingerprint density at radius 1 is 1.04 bits per heavy atom. The third-order valence-corrected chi connectivity index (χ3v) is 5.69. The molecule has 0 amide bonds. The van der Waals surface area contributed by atoms with Crippen LogP contribution in [0.25, 0.3) is 0 Å². The second-order valence-electron chi connectivity index (χ2n) is 7.70. The molecule has 1 heterocycles. The van der Waals surface area contributed by atoms with E-state index in [0.29, 0.717) is 18.5 Å². The van der Waals surface area contributed by atoms with Crippen molar-refractivity contribution in [1.29, 1.82) is 0 Å². The van der Waals surface area contributed by atoms with Gasteiger partial charge in [0.1, 0.15) is 16.9 Å². The maximum atomic E-state index is 11.7. The van der Waals surface area contributed by atoms with Gasteiger partial charge in [0.05, 0.1) is 0 Å². The van der Waals surface area contributed by atoms with Gasteiger partial charge in [0, 0.05) is 12.5 Å². The van der Waals surface area contributed by atoms with Crippen LogP contribution in [-0.4, -0.2) is 16.2 Å². The molecule has 0 aromatic carbocycles. The van der Waals surface area contributed by atoms with Crippen LogP contribution in [0.1, 0.15) is 108 Å². The van der Waals surface area contributed by atoms with Gasteiger partial charge in [-0.2, -0.15) is 0 Å². The minimum Gasteiger partial charge on any atom is -0.481 e. The summed E-state index contributed by atoms with van der Waals surface area (Å²) in [6.45, 7) is 2.26. The van der Waals surface area contributed by atoms with Crippen molar-refractivity contribution in [1.82, 2.24) is 5.16 Å². The third kappa shape index (κ3) is 5.86. The van der Waals surface area contributed by atoms with Gasteiger partial charge in [0.2, 0.25) is 0 Å². The highest BCUT2D eigenvalue weighted by Gasteiger charge is 2.45. The highest BCUT2D eigenvalue weighted by molar-refractivity contribution is 5.81. The van der Waals surface area contributed by atoms with E-state index in [-0.39, 0.29) is 0 Å². The predicted octanol–water partition coefficient (Wildman–Crippen LogP) is 6.03. The van der Waals surface area contributed by atoms with Crippen LogP contribution in [0.4, 0.5) is 0 Å². The second kappa shape index (κ2) is 10.6. The van der Waals surface area contributed by atoms with Crippen LogP contribution in [0.15, 0.2) is 10.6 Å². The summed E-state index contributed by atoms with van der Waals surface area (Å²) in [5.41, 5.74) is -0.154. The maximum absolute atomic E-state index is 11.7. The predicted molar refractivity (Wildman–Crippen MR) is 99.8 cm³/mol. The van der Waals surface area contributed by atoms with Crippen molar-refractivity contribution in [2.75, 3.05) is 0 Å². The van der Waals surface area contributed by atoms with E-state index in [1.54, 1.807) is 0 Å². The Bertz CT molecular complexity index is 503. The van der Waals surface area contributed by atoms with E-state index in [9.17, 15) is 9.90 Å². The highest BCUT2D eigenvalue weighted by Crippen LogP contribution is 2.41. The molecule has 1 aromatic rings. The normalized spacial score (nSPS) is 16.4. The van der Waals surface area contributed by atoms with Crippen molar-refractivity contribution >= 4 is 5.97 Å². The molecular weight excluding hydrogens is 314 g/mol. The van der Waals surface area contributed by atoms with Crippen LogP contribution < -0.4 is 0 Å². The van der Waals surface area contributed by atoms with Crippen molar-refractivity contribution in [2.45, 2.75) is 109 Å². The molecule has 0 atom stereocenters. The van der Waals surface area contributed by atoms with Gasteiger partial charge >= 0.3 is 5.97 Å². The molecule has 1 N–H and O–H groups in total. The monoisotopic (exact) mass is 349 g/mol. The van der Waals surface area contributed by atoms with E-state index in [0.717, 1.165) is 31.4 Å². The van der Waals surface area contributed by atoms with E-state index in [1.807, 2.05) is 6.07 Å². The number of rotatable bonds is 13. The molecule has 1 aromatic heterocycles. The fourth-order valence-corrected chi connectivity index (χ4v) is 4.00. The number of carbonyl (C=O) groups is 1. The fourth-order valence-electron chi connectivity index (χ4n) is 4.00. The van der Waals surface area contributed by atoms with Gasteiger partial charge in [0.15, 0.2) is 0 Å². The number of aliphatic carboxylic acids is 1. The molecule has 0 spiro atoms. The Labute approximate surface area is 152 Å². The number of aromatic nitrogens is 1. The molecule has 0 radical (unpaired) electrons. The summed E-state index contributed by atoms with van der Waals surface area (Å²) in [6.07, 6.45) is 17.3. The van der Waals surface area contributed by atoms with Crippen LogP contribution in [0.5, 0.6) is 0 Å². The Kier molecular flexibility index (Phi) is 8.50. The third-order valence-electron chi connectivity index (χ3n) is 5.69. The van der Waals surface area contributed by atoms with Crippen molar-refractivity contribution in [3.05, 3.63) is 17.5 Å². The molecule has 4 heteroatoms. The molecule has 2 rings (SSSR count). The molecule has 25 heavy (non-hydrogen) atoms. The standard InChI is InChI=1S/C21H35NO3/c1-2-3-4-5-6-7-8-9-10-11-14-18-17-19(22-25-18)21(20(23)24)15-12-13-16-21/h17H,2-16H2,1H3,(H,23,24). The van der Waals surface area contributed by atoms with Crippen LogP contribution in [0, 0.1) is 0 Å². The first kappa shape index (κ1) is 20.0. The quantitative estimate of drug-likeness (QED) is 0.441. The zero-order valence-corrected chi connectivity index (χ0v) is 15.9. The first-order chi connectivity index (χ1) is 12.2. The first-order valence-corrected chi connectivity index (χ1v) is 10.4. The molecule has 1 aliphatic rings. The second-order valence-corrected chi connectivity index (χ2v) is 7.70. The van der Waals surface area contributed by atoms with E-state index in [2.05, 4.69) is 12.1 Å². The van der Waals surface area contributed by atoms with Gasteiger partial charge in [-0.1, -0.05) is 82.7 Å². The molecular formula is C21H35NO3. The van der Waals surface area contributed by atoms with E-state index in [1.165, 1.54) is 57.8 Å². The molecule has 1 saturated carbocycles. The van der Waals surface area contributed by atoms with Crippen LogP contribution in [0.2, 0.25) is 0 Å². The largest absolute Gasteiger partial charge is 0.481 e. The molecule has 0 aliphatic heterocycles.